The number of hydrogen-bond acceptors (Lipinski definition) is 4. The molecule has 6 heteroatoms. The second-order valence-electron chi connectivity index (χ2n) is 6.31. The highest BCUT2D eigenvalue weighted by atomic mass is 16.4. The van der Waals surface area contributed by atoms with Crippen molar-refractivity contribution < 1.29 is 9.90 Å². The Balaban J connectivity index is 1.77. The largest absolute Gasteiger partial charge is 0.480 e. The Morgan fingerprint density at radius 3 is 2.75 bits per heavy atom. The Kier molecular flexibility index (Phi) is 3.72. The van der Waals surface area contributed by atoms with Crippen LogP contribution in [0.5, 0.6) is 0 Å². The lowest BCUT2D eigenvalue weighted by Crippen LogP contribution is -2.29. The van der Waals surface area contributed by atoms with Gasteiger partial charge in [-0.3, -0.25) is 0 Å². The first kappa shape index (κ1) is 13.5. The van der Waals surface area contributed by atoms with Gasteiger partial charge in [0.05, 0.1) is 0 Å². The Morgan fingerprint density at radius 1 is 1.25 bits per heavy atom. The van der Waals surface area contributed by atoms with Gasteiger partial charge in [-0.25, -0.2) is 9.48 Å². The molecule has 4 unspecified atom stereocenters. The highest BCUT2D eigenvalue weighted by Crippen LogP contribution is 2.45. The fourth-order valence-corrected chi connectivity index (χ4v) is 3.96. The molecule has 0 aromatic carbocycles. The first-order chi connectivity index (χ1) is 9.66. The van der Waals surface area contributed by atoms with Crippen LogP contribution in [0.1, 0.15) is 69.7 Å². The van der Waals surface area contributed by atoms with Gasteiger partial charge < -0.3 is 5.11 Å². The SMILES string of the molecule is CC(C(=O)O)n1nnnc1C1CCC2CCCCC2C1. The van der Waals surface area contributed by atoms with Crippen molar-refractivity contribution >= 4 is 5.97 Å². The zero-order valence-electron chi connectivity index (χ0n) is 11.9. The minimum atomic E-state index is -0.884. The molecule has 1 heterocycles. The van der Waals surface area contributed by atoms with Crippen molar-refractivity contribution in [2.45, 2.75) is 63.8 Å². The average Bonchev–Trinajstić information content (AvgIpc) is 2.95. The topological polar surface area (TPSA) is 80.9 Å². The molecule has 0 spiro atoms. The van der Waals surface area contributed by atoms with Crippen LogP contribution in [0.3, 0.4) is 0 Å². The predicted octanol–water partition coefficient (Wildman–Crippen LogP) is 2.39. The molecule has 0 saturated heterocycles. The van der Waals surface area contributed by atoms with Crippen LogP contribution in [0.2, 0.25) is 0 Å². The fraction of sp³-hybridized carbons (Fsp3) is 0.857. The number of carboxylic acid groups (broad SMARTS) is 1. The van der Waals surface area contributed by atoms with Crippen LogP contribution in [-0.4, -0.2) is 31.3 Å². The average molecular weight is 278 g/mol. The molecule has 1 aromatic heterocycles. The maximum atomic E-state index is 11.1. The van der Waals surface area contributed by atoms with E-state index >= 15 is 0 Å². The van der Waals surface area contributed by atoms with Crippen LogP contribution in [-0.2, 0) is 4.79 Å². The molecule has 0 radical (unpaired) electrons. The molecule has 6 nitrogen and oxygen atoms in total. The van der Waals surface area contributed by atoms with E-state index in [-0.39, 0.29) is 0 Å². The number of aromatic nitrogens is 4. The number of tetrazole rings is 1. The molecular formula is C14H22N4O2. The quantitative estimate of drug-likeness (QED) is 0.918. The standard InChI is InChI=1S/C14H22N4O2/c1-9(14(19)20)18-13(15-16-17-18)12-7-6-10-4-2-3-5-11(10)8-12/h9-12H,2-8H2,1H3,(H,19,20). The first-order valence-corrected chi connectivity index (χ1v) is 7.67. The second-order valence-corrected chi connectivity index (χ2v) is 6.31. The van der Waals surface area contributed by atoms with Crippen LogP contribution in [0.15, 0.2) is 0 Å². The van der Waals surface area contributed by atoms with E-state index in [9.17, 15) is 4.79 Å². The smallest absolute Gasteiger partial charge is 0.328 e. The highest BCUT2D eigenvalue weighted by molar-refractivity contribution is 5.71. The third kappa shape index (κ3) is 2.43. The third-order valence-electron chi connectivity index (χ3n) is 5.15. The van der Waals surface area contributed by atoms with Crippen LogP contribution >= 0.6 is 0 Å². The summed E-state index contributed by atoms with van der Waals surface area (Å²) in [6.45, 7) is 1.63. The molecule has 4 atom stereocenters. The summed E-state index contributed by atoms with van der Waals surface area (Å²) in [6, 6.07) is -0.691. The van der Waals surface area contributed by atoms with Gasteiger partial charge in [0.25, 0.3) is 0 Å². The molecule has 2 aliphatic rings. The van der Waals surface area contributed by atoms with E-state index < -0.39 is 12.0 Å². The van der Waals surface area contributed by atoms with Crippen molar-refractivity contribution in [2.24, 2.45) is 11.8 Å². The summed E-state index contributed by atoms with van der Waals surface area (Å²) < 4.78 is 1.50. The molecule has 2 aliphatic carbocycles. The summed E-state index contributed by atoms with van der Waals surface area (Å²) in [5.74, 6) is 1.87. The number of rotatable bonds is 3. The van der Waals surface area contributed by atoms with Gasteiger partial charge in [-0.15, -0.1) is 5.10 Å². The number of hydrogen-bond donors (Lipinski definition) is 1. The van der Waals surface area contributed by atoms with E-state index in [2.05, 4.69) is 15.5 Å². The zero-order valence-corrected chi connectivity index (χ0v) is 11.9. The monoisotopic (exact) mass is 278 g/mol. The molecule has 0 bridgehead atoms. The normalized spacial score (nSPS) is 31.6. The van der Waals surface area contributed by atoms with Gasteiger partial charge in [-0.05, 0) is 48.4 Å². The van der Waals surface area contributed by atoms with Gasteiger partial charge in [0, 0.05) is 5.92 Å². The number of carboxylic acids is 1. The zero-order chi connectivity index (χ0) is 14.1. The Labute approximate surface area is 118 Å². The van der Waals surface area contributed by atoms with E-state index in [0.717, 1.165) is 30.5 Å². The molecule has 110 valence electrons. The van der Waals surface area contributed by atoms with Crippen molar-refractivity contribution in [3.63, 3.8) is 0 Å². The van der Waals surface area contributed by atoms with Gasteiger partial charge in [0.1, 0.15) is 6.04 Å². The van der Waals surface area contributed by atoms with Crippen LogP contribution in [0.4, 0.5) is 0 Å². The molecule has 3 rings (SSSR count). The van der Waals surface area contributed by atoms with Gasteiger partial charge in [-0.1, -0.05) is 25.7 Å². The maximum Gasteiger partial charge on any atom is 0.328 e. The second kappa shape index (κ2) is 5.50. The minimum Gasteiger partial charge on any atom is -0.480 e. The number of carbonyl (C=O) groups is 1. The van der Waals surface area contributed by atoms with Crippen LogP contribution in [0, 0.1) is 11.8 Å². The summed E-state index contributed by atoms with van der Waals surface area (Å²) >= 11 is 0. The summed E-state index contributed by atoms with van der Waals surface area (Å²) in [7, 11) is 0. The summed E-state index contributed by atoms with van der Waals surface area (Å²) in [5.41, 5.74) is 0. The number of nitrogens with zero attached hydrogens (tertiary/aromatic N) is 4. The molecule has 1 N–H and O–H groups in total. The van der Waals surface area contributed by atoms with Gasteiger partial charge in [0.2, 0.25) is 0 Å². The molecule has 2 fully saturated rings. The Hall–Kier alpha value is -1.46. The van der Waals surface area contributed by atoms with E-state index in [4.69, 9.17) is 5.11 Å². The van der Waals surface area contributed by atoms with E-state index in [1.54, 1.807) is 6.92 Å². The molecule has 2 saturated carbocycles. The molecule has 0 amide bonds. The van der Waals surface area contributed by atoms with Crippen molar-refractivity contribution in [3.8, 4) is 0 Å². The van der Waals surface area contributed by atoms with Crippen LogP contribution < -0.4 is 0 Å². The van der Waals surface area contributed by atoms with Gasteiger partial charge in [0.15, 0.2) is 5.82 Å². The van der Waals surface area contributed by atoms with E-state index in [1.165, 1.54) is 36.8 Å². The van der Waals surface area contributed by atoms with Gasteiger partial charge >= 0.3 is 5.97 Å². The highest BCUT2D eigenvalue weighted by Gasteiger charge is 2.35. The van der Waals surface area contributed by atoms with Crippen molar-refractivity contribution in [2.75, 3.05) is 0 Å². The third-order valence-corrected chi connectivity index (χ3v) is 5.15. The van der Waals surface area contributed by atoms with Crippen molar-refractivity contribution in [1.82, 2.24) is 20.2 Å². The first-order valence-electron chi connectivity index (χ1n) is 7.67. The molecule has 1 aromatic rings. The minimum absolute atomic E-state index is 0.325. The number of aliphatic carboxylic acids is 1. The van der Waals surface area contributed by atoms with Gasteiger partial charge in [-0.2, -0.15) is 0 Å². The lowest BCUT2D eigenvalue weighted by molar-refractivity contribution is -0.140. The van der Waals surface area contributed by atoms with Crippen molar-refractivity contribution in [1.29, 1.82) is 0 Å². The van der Waals surface area contributed by atoms with E-state index in [0.29, 0.717) is 5.92 Å². The lowest BCUT2D eigenvalue weighted by Gasteiger charge is -2.38. The van der Waals surface area contributed by atoms with E-state index in [1.807, 2.05) is 0 Å². The van der Waals surface area contributed by atoms with Crippen LogP contribution in [0.25, 0.3) is 0 Å². The lowest BCUT2D eigenvalue weighted by atomic mass is 9.67. The molecule has 20 heavy (non-hydrogen) atoms. The maximum absolute atomic E-state index is 11.1. The number of fused-ring (bicyclic) bond motifs is 1. The Bertz CT molecular complexity index is 487. The Morgan fingerprint density at radius 2 is 2.00 bits per heavy atom. The summed E-state index contributed by atoms with van der Waals surface area (Å²) in [4.78, 5) is 11.1. The fourth-order valence-electron chi connectivity index (χ4n) is 3.96. The molecular weight excluding hydrogens is 256 g/mol. The summed E-state index contributed by atoms with van der Waals surface area (Å²) in [6.07, 6.45) is 8.85. The molecule has 0 aliphatic heterocycles. The summed E-state index contributed by atoms with van der Waals surface area (Å²) in [5, 5.41) is 20.9. The predicted molar refractivity (Wildman–Crippen MR) is 72.2 cm³/mol. The van der Waals surface area contributed by atoms with Crippen molar-refractivity contribution in [3.05, 3.63) is 5.82 Å².